The Morgan fingerprint density at radius 3 is 1.53 bits per heavy atom. The molecular weight excluding hydrogens is 498 g/mol. The summed E-state index contributed by atoms with van der Waals surface area (Å²) in [4.78, 5) is 0. The van der Waals surface area contributed by atoms with Crippen LogP contribution in [-0.4, -0.2) is 66.8 Å². The van der Waals surface area contributed by atoms with Gasteiger partial charge in [-0.05, 0) is 29.7 Å². The molecule has 0 bridgehead atoms. The Labute approximate surface area is 203 Å². The average Bonchev–Trinajstić information content (AvgIpc) is 2.81. The van der Waals surface area contributed by atoms with Gasteiger partial charge >= 0.3 is 12.4 Å². The molecular formula is C24H28F6O6. The second-order valence-corrected chi connectivity index (χ2v) is 8.71. The van der Waals surface area contributed by atoms with Crippen LogP contribution in [0.25, 0.3) is 0 Å². The van der Waals surface area contributed by atoms with Crippen LogP contribution in [0.5, 0.6) is 0 Å². The number of rotatable bonds is 10. The van der Waals surface area contributed by atoms with Crippen molar-refractivity contribution in [1.82, 2.24) is 0 Å². The molecule has 0 saturated carbocycles. The number of hydrogen-bond donors (Lipinski definition) is 6. The highest BCUT2D eigenvalue weighted by Gasteiger charge is 2.55. The number of hydrogen-bond acceptors (Lipinski definition) is 6. The molecule has 0 aliphatic rings. The fourth-order valence-electron chi connectivity index (χ4n) is 4.21. The predicted octanol–water partition coefficient (Wildman–Crippen LogP) is 2.46. The van der Waals surface area contributed by atoms with Gasteiger partial charge in [0.1, 0.15) is 23.9 Å². The van der Waals surface area contributed by atoms with Gasteiger partial charge in [-0.2, -0.15) is 26.3 Å². The van der Waals surface area contributed by atoms with Crippen molar-refractivity contribution < 1.29 is 57.0 Å². The third kappa shape index (κ3) is 6.36. The summed E-state index contributed by atoms with van der Waals surface area (Å²) in [6.07, 6.45) is -19.6. The molecule has 2 rings (SSSR count). The molecule has 2 aromatic carbocycles. The summed E-state index contributed by atoms with van der Waals surface area (Å²) >= 11 is 0. The minimum atomic E-state index is -4.92. The molecule has 202 valence electrons. The minimum absolute atomic E-state index is 0.483. The lowest BCUT2D eigenvalue weighted by atomic mass is 9.71. The highest BCUT2D eigenvalue weighted by molar-refractivity contribution is 5.34. The lowest BCUT2D eigenvalue weighted by Gasteiger charge is -2.46. The van der Waals surface area contributed by atoms with Gasteiger partial charge in [0.05, 0.1) is 23.3 Å². The fraction of sp³-hybridized carbons (Fsp3) is 0.500. The van der Waals surface area contributed by atoms with Gasteiger partial charge in [-0.1, -0.05) is 43.3 Å². The molecule has 6 nitrogen and oxygen atoms in total. The van der Waals surface area contributed by atoms with Crippen LogP contribution in [0.1, 0.15) is 35.6 Å². The maximum absolute atomic E-state index is 13.5. The normalized spacial score (nSPS) is 18.7. The van der Waals surface area contributed by atoms with E-state index in [1.54, 1.807) is 0 Å². The average molecular weight is 526 g/mol. The molecule has 1 unspecified atom stereocenters. The highest BCUT2D eigenvalue weighted by atomic mass is 19.4. The molecule has 0 aromatic heterocycles. The first-order valence-electron chi connectivity index (χ1n) is 10.9. The van der Waals surface area contributed by atoms with Crippen molar-refractivity contribution in [2.24, 2.45) is 0 Å². The van der Waals surface area contributed by atoms with Crippen LogP contribution in [-0.2, 0) is 25.2 Å². The van der Waals surface area contributed by atoms with Gasteiger partial charge in [-0.3, -0.25) is 0 Å². The topological polar surface area (TPSA) is 121 Å². The SMILES string of the molecule is CCC(O)(Cc1ccccc1C(F)(F)F)[C@@H](O)[C@@](O)(Cc1ccccc1C(F)(F)F)[C@H](O)[C@@H](O)CO. The number of aliphatic hydroxyl groups excluding tert-OH is 4. The van der Waals surface area contributed by atoms with Crippen molar-refractivity contribution in [2.45, 2.75) is 68.1 Å². The monoisotopic (exact) mass is 526 g/mol. The summed E-state index contributed by atoms with van der Waals surface area (Å²) in [7, 11) is 0. The molecule has 0 spiro atoms. The van der Waals surface area contributed by atoms with E-state index in [2.05, 4.69) is 0 Å². The summed E-state index contributed by atoms with van der Waals surface area (Å²) in [6.45, 7) is 0.0664. The van der Waals surface area contributed by atoms with E-state index in [0.717, 1.165) is 30.3 Å². The summed E-state index contributed by atoms with van der Waals surface area (Å²) in [5.74, 6) is 0. The Hall–Kier alpha value is -2.22. The fourth-order valence-corrected chi connectivity index (χ4v) is 4.21. The van der Waals surface area contributed by atoms with Gasteiger partial charge in [0, 0.05) is 12.8 Å². The van der Waals surface area contributed by atoms with E-state index in [1.165, 1.54) is 19.1 Å². The summed E-state index contributed by atoms with van der Waals surface area (Å²) in [5, 5.41) is 63.5. The molecule has 0 radical (unpaired) electrons. The smallest absolute Gasteiger partial charge is 0.394 e. The number of aliphatic hydroxyl groups is 6. The first-order valence-corrected chi connectivity index (χ1v) is 10.9. The first-order chi connectivity index (χ1) is 16.5. The van der Waals surface area contributed by atoms with Gasteiger partial charge in [0.2, 0.25) is 0 Å². The zero-order valence-corrected chi connectivity index (χ0v) is 19.1. The number of benzene rings is 2. The van der Waals surface area contributed by atoms with Crippen LogP contribution in [0.2, 0.25) is 0 Å². The Balaban J connectivity index is 2.62. The van der Waals surface area contributed by atoms with Gasteiger partial charge in [0.25, 0.3) is 0 Å². The Bertz CT molecular complexity index is 1010. The van der Waals surface area contributed by atoms with Gasteiger partial charge in [-0.15, -0.1) is 0 Å². The predicted molar refractivity (Wildman–Crippen MR) is 116 cm³/mol. The molecule has 0 aliphatic carbocycles. The maximum atomic E-state index is 13.5. The highest BCUT2D eigenvalue weighted by Crippen LogP contribution is 2.40. The quantitative estimate of drug-likeness (QED) is 0.265. The van der Waals surface area contributed by atoms with Crippen LogP contribution in [0, 0.1) is 0 Å². The second kappa shape index (κ2) is 11.0. The van der Waals surface area contributed by atoms with Crippen LogP contribution >= 0.6 is 0 Å². The zero-order valence-electron chi connectivity index (χ0n) is 19.1. The van der Waals surface area contributed by atoms with E-state index in [0.29, 0.717) is 6.07 Å². The lowest BCUT2D eigenvalue weighted by Crippen LogP contribution is -2.66. The largest absolute Gasteiger partial charge is 0.416 e. The summed E-state index contributed by atoms with van der Waals surface area (Å²) in [5.41, 5.74) is -9.26. The van der Waals surface area contributed by atoms with Crippen LogP contribution in [0.3, 0.4) is 0 Å². The van der Waals surface area contributed by atoms with Crippen LogP contribution < -0.4 is 0 Å². The third-order valence-corrected chi connectivity index (χ3v) is 6.27. The van der Waals surface area contributed by atoms with E-state index in [1.807, 2.05) is 0 Å². The van der Waals surface area contributed by atoms with E-state index < -0.39 is 90.0 Å². The van der Waals surface area contributed by atoms with E-state index in [4.69, 9.17) is 0 Å². The van der Waals surface area contributed by atoms with E-state index in [9.17, 15) is 57.0 Å². The summed E-state index contributed by atoms with van der Waals surface area (Å²) < 4.78 is 81.1. The molecule has 12 heteroatoms. The van der Waals surface area contributed by atoms with Crippen molar-refractivity contribution in [3.8, 4) is 0 Å². The maximum Gasteiger partial charge on any atom is 0.416 e. The summed E-state index contributed by atoms with van der Waals surface area (Å²) in [6, 6.07) is 7.92. The van der Waals surface area contributed by atoms with Crippen molar-refractivity contribution in [1.29, 1.82) is 0 Å². The Kier molecular flexibility index (Phi) is 9.20. The molecule has 0 saturated heterocycles. The molecule has 5 atom stereocenters. The molecule has 0 aliphatic heterocycles. The number of halogens is 6. The first kappa shape index (κ1) is 30.0. The molecule has 0 amide bonds. The molecule has 0 fully saturated rings. The van der Waals surface area contributed by atoms with Crippen molar-refractivity contribution >= 4 is 0 Å². The molecule has 2 aromatic rings. The minimum Gasteiger partial charge on any atom is -0.394 e. The lowest BCUT2D eigenvalue weighted by molar-refractivity contribution is -0.230. The second-order valence-electron chi connectivity index (χ2n) is 8.71. The van der Waals surface area contributed by atoms with Crippen molar-refractivity contribution in [2.75, 3.05) is 6.61 Å². The van der Waals surface area contributed by atoms with Crippen LogP contribution in [0.4, 0.5) is 26.3 Å². The van der Waals surface area contributed by atoms with E-state index in [-0.39, 0.29) is 0 Å². The molecule has 0 heterocycles. The molecule has 36 heavy (non-hydrogen) atoms. The Morgan fingerprint density at radius 2 is 1.14 bits per heavy atom. The standard InChI is InChI=1S/C24H28F6O6/c1-2-21(35,11-14-7-3-5-9-16(14)23(25,26)27)20(34)22(36,19(33)18(32)13-31)12-15-8-4-6-10-17(15)24(28,29)30/h3-10,18-20,31-36H,2,11-13H2,1H3/t18-,19+,20+,21?,22+/m0/s1. The van der Waals surface area contributed by atoms with Crippen molar-refractivity contribution in [3.05, 3.63) is 70.8 Å². The van der Waals surface area contributed by atoms with Crippen molar-refractivity contribution in [3.63, 3.8) is 0 Å². The molecule has 6 N–H and O–H groups in total. The van der Waals surface area contributed by atoms with E-state index >= 15 is 0 Å². The van der Waals surface area contributed by atoms with Gasteiger partial charge in [0.15, 0.2) is 0 Å². The van der Waals surface area contributed by atoms with Gasteiger partial charge in [-0.25, -0.2) is 0 Å². The number of alkyl halides is 6. The van der Waals surface area contributed by atoms with Gasteiger partial charge < -0.3 is 30.6 Å². The third-order valence-electron chi connectivity index (χ3n) is 6.27. The Morgan fingerprint density at radius 1 is 0.722 bits per heavy atom. The van der Waals surface area contributed by atoms with Crippen LogP contribution in [0.15, 0.2) is 48.5 Å². The zero-order chi connectivity index (χ0) is 27.5.